The molecule has 0 amide bonds. The Morgan fingerprint density at radius 2 is 1.74 bits per heavy atom. The predicted molar refractivity (Wildman–Crippen MR) is 70.1 cm³/mol. The Morgan fingerprint density at radius 1 is 1.00 bits per heavy atom. The van der Waals surface area contributed by atoms with Crippen molar-refractivity contribution in [3.63, 3.8) is 0 Å². The lowest BCUT2D eigenvalue weighted by Crippen LogP contribution is -1.82. The van der Waals surface area contributed by atoms with Crippen molar-refractivity contribution in [1.82, 2.24) is 10.1 Å². The molecule has 0 bridgehead atoms. The van der Waals surface area contributed by atoms with E-state index in [1.165, 1.54) is 12.1 Å². The van der Waals surface area contributed by atoms with Crippen LogP contribution >= 0.6 is 11.6 Å². The molecule has 0 saturated heterocycles. The number of nitrogens with zero attached hydrogens (tertiary/aromatic N) is 2. The van der Waals surface area contributed by atoms with Gasteiger partial charge in [0.15, 0.2) is 0 Å². The lowest BCUT2D eigenvalue weighted by Gasteiger charge is -1.96. The Labute approximate surface area is 113 Å². The third-order valence-corrected chi connectivity index (χ3v) is 2.96. The molecule has 3 rings (SSSR count). The van der Waals surface area contributed by atoms with Crippen molar-refractivity contribution in [2.75, 3.05) is 0 Å². The Bertz CT molecular complexity index is 709. The Hall–Kier alpha value is -2.20. The van der Waals surface area contributed by atoms with Gasteiger partial charge in [-0.25, -0.2) is 4.39 Å². The molecule has 3 aromatic rings. The van der Waals surface area contributed by atoms with Crippen LogP contribution in [0.3, 0.4) is 0 Å². The average Bonchev–Trinajstić information content (AvgIpc) is 2.89. The highest BCUT2D eigenvalue weighted by atomic mass is 35.5. The number of hydrogen-bond donors (Lipinski definition) is 0. The molecule has 0 radical (unpaired) electrons. The van der Waals surface area contributed by atoms with Gasteiger partial charge in [0.1, 0.15) is 5.82 Å². The quantitative estimate of drug-likeness (QED) is 0.703. The standard InChI is InChI=1S/C14H8ClFN2O/c15-12-4-2-1-3-11(12)13-17-14(19-18-13)9-5-7-10(16)8-6-9/h1-8H. The summed E-state index contributed by atoms with van der Waals surface area (Å²) < 4.78 is 18.0. The van der Waals surface area contributed by atoms with Gasteiger partial charge in [-0.1, -0.05) is 28.9 Å². The predicted octanol–water partition coefficient (Wildman–Crippen LogP) is 4.20. The zero-order valence-electron chi connectivity index (χ0n) is 9.68. The lowest BCUT2D eigenvalue weighted by molar-refractivity contribution is 0.432. The first kappa shape index (κ1) is 11.9. The normalized spacial score (nSPS) is 10.6. The van der Waals surface area contributed by atoms with Crippen molar-refractivity contribution in [3.8, 4) is 22.8 Å². The summed E-state index contributed by atoms with van der Waals surface area (Å²) in [6, 6.07) is 13.1. The molecule has 0 aliphatic rings. The monoisotopic (exact) mass is 274 g/mol. The maximum Gasteiger partial charge on any atom is 0.258 e. The van der Waals surface area contributed by atoms with Crippen molar-refractivity contribution in [1.29, 1.82) is 0 Å². The summed E-state index contributed by atoms with van der Waals surface area (Å²) in [7, 11) is 0. The third kappa shape index (κ3) is 2.35. The summed E-state index contributed by atoms with van der Waals surface area (Å²) in [6.45, 7) is 0. The molecule has 0 aliphatic carbocycles. The van der Waals surface area contributed by atoms with Crippen LogP contribution in [-0.2, 0) is 0 Å². The highest BCUT2D eigenvalue weighted by Gasteiger charge is 2.12. The molecule has 0 saturated carbocycles. The van der Waals surface area contributed by atoms with E-state index >= 15 is 0 Å². The van der Waals surface area contributed by atoms with Crippen molar-refractivity contribution in [2.24, 2.45) is 0 Å². The second-order valence-electron chi connectivity index (χ2n) is 3.91. The van der Waals surface area contributed by atoms with Crippen LogP contribution < -0.4 is 0 Å². The van der Waals surface area contributed by atoms with E-state index in [-0.39, 0.29) is 5.82 Å². The maximum absolute atomic E-state index is 12.8. The van der Waals surface area contributed by atoms with Crippen LogP contribution in [0.1, 0.15) is 0 Å². The molecule has 0 aliphatic heterocycles. The Balaban J connectivity index is 2.00. The zero-order chi connectivity index (χ0) is 13.2. The molecule has 0 spiro atoms. The van der Waals surface area contributed by atoms with Crippen LogP contribution in [-0.4, -0.2) is 10.1 Å². The number of benzene rings is 2. The van der Waals surface area contributed by atoms with Gasteiger partial charge in [0.25, 0.3) is 5.89 Å². The highest BCUT2D eigenvalue weighted by molar-refractivity contribution is 6.33. The second kappa shape index (κ2) is 4.82. The summed E-state index contributed by atoms with van der Waals surface area (Å²) in [4.78, 5) is 4.26. The van der Waals surface area contributed by atoms with E-state index < -0.39 is 0 Å². The SMILES string of the molecule is Fc1ccc(-c2nc(-c3ccccc3Cl)no2)cc1. The van der Waals surface area contributed by atoms with Gasteiger partial charge < -0.3 is 4.52 Å². The van der Waals surface area contributed by atoms with Crippen LogP contribution in [0, 0.1) is 5.82 Å². The summed E-state index contributed by atoms with van der Waals surface area (Å²) >= 11 is 6.06. The Kier molecular flexibility index (Phi) is 3.01. The fourth-order valence-electron chi connectivity index (χ4n) is 1.69. The molecule has 0 unspecified atom stereocenters. The van der Waals surface area contributed by atoms with E-state index in [9.17, 15) is 4.39 Å². The minimum Gasteiger partial charge on any atom is -0.334 e. The number of rotatable bonds is 2. The van der Waals surface area contributed by atoms with Gasteiger partial charge in [0.05, 0.1) is 5.02 Å². The fraction of sp³-hybridized carbons (Fsp3) is 0. The first-order valence-corrected chi connectivity index (χ1v) is 5.96. The van der Waals surface area contributed by atoms with Crippen LogP contribution in [0.4, 0.5) is 4.39 Å². The van der Waals surface area contributed by atoms with Crippen LogP contribution in [0.2, 0.25) is 5.02 Å². The average molecular weight is 275 g/mol. The van der Waals surface area contributed by atoms with Gasteiger partial charge in [-0.05, 0) is 36.4 Å². The van der Waals surface area contributed by atoms with Crippen LogP contribution in [0.25, 0.3) is 22.8 Å². The van der Waals surface area contributed by atoms with Gasteiger partial charge in [0, 0.05) is 11.1 Å². The molecule has 0 N–H and O–H groups in total. The second-order valence-corrected chi connectivity index (χ2v) is 4.32. The molecule has 0 fully saturated rings. The molecule has 2 aromatic carbocycles. The minimum absolute atomic E-state index is 0.311. The maximum atomic E-state index is 12.8. The van der Waals surface area contributed by atoms with Crippen LogP contribution in [0.5, 0.6) is 0 Å². The molecule has 5 heteroatoms. The molecule has 3 nitrogen and oxygen atoms in total. The van der Waals surface area contributed by atoms with E-state index in [1.807, 2.05) is 18.2 Å². The van der Waals surface area contributed by atoms with Crippen molar-refractivity contribution >= 4 is 11.6 Å². The number of hydrogen-bond acceptors (Lipinski definition) is 3. The topological polar surface area (TPSA) is 38.9 Å². The van der Waals surface area contributed by atoms with E-state index in [4.69, 9.17) is 16.1 Å². The third-order valence-electron chi connectivity index (χ3n) is 2.63. The van der Waals surface area contributed by atoms with E-state index in [1.54, 1.807) is 18.2 Å². The van der Waals surface area contributed by atoms with Gasteiger partial charge in [-0.3, -0.25) is 0 Å². The minimum atomic E-state index is -0.311. The first-order chi connectivity index (χ1) is 9.24. The smallest absolute Gasteiger partial charge is 0.258 e. The molecule has 19 heavy (non-hydrogen) atoms. The van der Waals surface area contributed by atoms with Gasteiger partial charge in [0.2, 0.25) is 5.82 Å². The van der Waals surface area contributed by atoms with Crippen molar-refractivity contribution in [2.45, 2.75) is 0 Å². The van der Waals surface area contributed by atoms with E-state index in [0.717, 1.165) is 0 Å². The van der Waals surface area contributed by atoms with E-state index in [0.29, 0.717) is 27.9 Å². The highest BCUT2D eigenvalue weighted by Crippen LogP contribution is 2.27. The van der Waals surface area contributed by atoms with Gasteiger partial charge >= 0.3 is 0 Å². The number of halogens is 2. The molecular formula is C14H8ClFN2O. The lowest BCUT2D eigenvalue weighted by atomic mass is 10.2. The summed E-state index contributed by atoms with van der Waals surface area (Å²) in [5, 5.41) is 4.43. The fourth-order valence-corrected chi connectivity index (χ4v) is 1.91. The first-order valence-electron chi connectivity index (χ1n) is 5.58. The number of aromatic nitrogens is 2. The van der Waals surface area contributed by atoms with Gasteiger partial charge in [-0.15, -0.1) is 0 Å². The summed E-state index contributed by atoms with van der Waals surface area (Å²) in [5.74, 6) is 0.425. The van der Waals surface area contributed by atoms with Crippen molar-refractivity contribution in [3.05, 3.63) is 59.4 Å². The molecule has 94 valence electrons. The summed E-state index contributed by atoms with van der Waals surface area (Å²) in [6.07, 6.45) is 0. The van der Waals surface area contributed by atoms with Crippen LogP contribution in [0.15, 0.2) is 53.1 Å². The Morgan fingerprint density at radius 3 is 2.47 bits per heavy atom. The van der Waals surface area contributed by atoms with Gasteiger partial charge in [-0.2, -0.15) is 4.98 Å². The summed E-state index contributed by atoms with van der Waals surface area (Å²) in [5.41, 5.74) is 1.36. The molecule has 1 aromatic heterocycles. The molecular weight excluding hydrogens is 267 g/mol. The molecule has 0 atom stereocenters. The zero-order valence-corrected chi connectivity index (χ0v) is 10.4. The molecule has 1 heterocycles. The van der Waals surface area contributed by atoms with E-state index in [2.05, 4.69) is 10.1 Å². The largest absolute Gasteiger partial charge is 0.334 e. The van der Waals surface area contributed by atoms with Crippen molar-refractivity contribution < 1.29 is 8.91 Å².